The van der Waals surface area contributed by atoms with Crippen LogP contribution < -0.4 is 5.32 Å². The van der Waals surface area contributed by atoms with Crippen molar-refractivity contribution in [2.45, 2.75) is 64.8 Å². The van der Waals surface area contributed by atoms with Crippen molar-refractivity contribution >= 4 is 9.84 Å². The first kappa shape index (κ1) is 16.0. The topological polar surface area (TPSA) is 46.2 Å². The van der Waals surface area contributed by atoms with E-state index in [4.69, 9.17) is 0 Å². The third-order valence-corrected chi connectivity index (χ3v) is 5.83. The van der Waals surface area contributed by atoms with Gasteiger partial charge in [-0.1, -0.05) is 33.1 Å². The van der Waals surface area contributed by atoms with E-state index in [1.54, 1.807) is 0 Å². The molecular formula is C14H29NO2S. The fourth-order valence-corrected chi connectivity index (χ4v) is 4.49. The van der Waals surface area contributed by atoms with Crippen molar-refractivity contribution in [3.63, 3.8) is 0 Å². The predicted molar refractivity (Wildman–Crippen MR) is 77.6 cm³/mol. The average Bonchev–Trinajstić information content (AvgIpc) is 2.53. The quantitative estimate of drug-likeness (QED) is 0.727. The zero-order valence-corrected chi connectivity index (χ0v) is 12.8. The van der Waals surface area contributed by atoms with Crippen molar-refractivity contribution in [3.8, 4) is 0 Å². The fourth-order valence-electron chi connectivity index (χ4n) is 3.00. The number of rotatable bonds is 7. The smallest absolute Gasteiger partial charge is 0.150 e. The van der Waals surface area contributed by atoms with E-state index >= 15 is 0 Å². The molecule has 4 heteroatoms. The molecule has 0 heterocycles. The van der Waals surface area contributed by atoms with Crippen LogP contribution in [0, 0.1) is 5.92 Å². The second-order valence-electron chi connectivity index (χ2n) is 5.50. The third-order valence-electron chi connectivity index (χ3n) is 3.94. The normalized spacial score (nSPS) is 25.9. The van der Waals surface area contributed by atoms with Gasteiger partial charge in [0.05, 0.1) is 5.75 Å². The number of hydrogen-bond donors (Lipinski definition) is 1. The summed E-state index contributed by atoms with van der Waals surface area (Å²) in [5.74, 6) is 1.29. The molecule has 0 radical (unpaired) electrons. The van der Waals surface area contributed by atoms with Gasteiger partial charge < -0.3 is 5.32 Å². The van der Waals surface area contributed by atoms with E-state index in [9.17, 15) is 8.42 Å². The highest BCUT2D eigenvalue weighted by atomic mass is 32.2. The summed E-state index contributed by atoms with van der Waals surface area (Å²) in [6.07, 6.45) is 7.85. The summed E-state index contributed by atoms with van der Waals surface area (Å²) < 4.78 is 23.6. The lowest BCUT2D eigenvalue weighted by Crippen LogP contribution is -2.36. The highest BCUT2D eigenvalue weighted by Gasteiger charge is 2.24. The maximum absolute atomic E-state index is 11.8. The van der Waals surface area contributed by atoms with Crippen LogP contribution in [0.25, 0.3) is 0 Å². The van der Waals surface area contributed by atoms with Crippen molar-refractivity contribution in [2.24, 2.45) is 5.92 Å². The first-order valence-electron chi connectivity index (χ1n) is 7.53. The van der Waals surface area contributed by atoms with Crippen LogP contribution in [-0.4, -0.2) is 32.5 Å². The maximum atomic E-state index is 11.8. The number of nitrogens with one attached hydrogen (secondary N) is 1. The Balaban J connectivity index is 2.50. The number of sulfone groups is 1. The SMILES string of the molecule is CCCS(=O)(=O)CCC1CCCCCC1NCC. The van der Waals surface area contributed by atoms with Crippen molar-refractivity contribution in [1.29, 1.82) is 0 Å². The fraction of sp³-hybridized carbons (Fsp3) is 1.00. The van der Waals surface area contributed by atoms with E-state index in [2.05, 4.69) is 12.2 Å². The Bertz CT molecular complexity index is 314. The Morgan fingerprint density at radius 1 is 1.06 bits per heavy atom. The summed E-state index contributed by atoms with van der Waals surface area (Å²) >= 11 is 0. The molecule has 1 aliphatic carbocycles. The molecule has 0 aromatic rings. The lowest BCUT2D eigenvalue weighted by Gasteiger charge is -2.25. The van der Waals surface area contributed by atoms with E-state index in [0.717, 1.165) is 19.4 Å². The zero-order valence-electron chi connectivity index (χ0n) is 12.0. The van der Waals surface area contributed by atoms with Gasteiger partial charge in [0.1, 0.15) is 9.84 Å². The van der Waals surface area contributed by atoms with Crippen molar-refractivity contribution in [2.75, 3.05) is 18.1 Å². The minimum atomic E-state index is -2.81. The van der Waals surface area contributed by atoms with E-state index in [1.807, 2.05) is 6.92 Å². The van der Waals surface area contributed by atoms with Gasteiger partial charge in [-0.25, -0.2) is 8.42 Å². The summed E-state index contributed by atoms with van der Waals surface area (Å²) in [4.78, 5) is 0. The standard InChI is InChI=1S/C14H29NO2S/c1-3-11-18(16,17)12-10-13-8-6-5-7-9-14(13)15-4-2/h13-15H,3-12H2,1-2H3. The van der Waals surface area contributed by atoms with Gasteiger partial charge >= 0.3 is 0 Å². The summed E-state index contributed by atoms with van der Waals surface area (Å²) in [6.45, 7) is 5.06. The highest BCUT2D eigenvalue weighted by molar-refractivity contribution is 7.91. The second-order valence-corrected chi connectivity index (χ2v) is 7.81. The minimum Gasteiger partial charge on any atom is -0.314 e. The van der Waals surface area contributed by atoms with Crippen LogP contribution in [0.15, 0.2) is 0 Å². The molecule has 2 atom stereocenters. The van der Waals surface area contributed by atoms with Gasteiger partial charge in [-0.15, -0.1) is 0 Å². The first-order valence-corrected chi connectivity index (χ1v) is 9.35. The molecule has 1 saturated carbocycles. The molecule has 0 bridgehead atoms. The van der Waals surface area contributed by atoms with Gasteiger partial charge in [0.2, 0.25) is 0 Å². The van der Waals surface area contributed by atoms with Crippen LogP contribution in [0.5, 0.6) is 0 Å². The highest BCUT2D eigenvalue weighted by Crippen LogP contribution is 2.26. The summed E-state index contributed by atoms with van der Waals surface area (Å²) in [7, 11) is -2.81. The molecule has 1 N–H and O–H groups in total. The van der Waals surface area contributed by atoms with E-state index in [-0.39, 0.29) is 0 Å². The molecule has 0 aromatic carbocycles. The lowest BCUT2D eigenvalue weighted by molar-refractivity contribution is 0.331. The second kappa shape index (κ2) is 8.16. The monoisotopic (exact) mass is 275 g/mol. The molecule has 108 valence electrons. The van der Waals surface area contributed by atoms with Crippen LogP contribution in [0.2, 0.25) is 0 Å². The van der Waals surface area contributed by atoms with Gasteiger partial charge in [-0.3, -0.25) is 0 Å². The Morgan fingerprint density at radius 2 is 1.78 bits per heavy atom. The number of hydrogen-bond acceptors (Lipinski definition) is 3. The Hall–Kier alpha value is -0.0900. The summed E-state index contributed by atoms with van der Waals surface area (Å²) in [5.41, 5.74) is 0. The molecule has 1 rings (SSSR count). The van der Waals surface area contributed by atoms with Crippen LogP contribution in [0.1, 0.15) is 58.8 Å². The molecular weight excluding hydrogens is 246 g/mol. The largest absolute Gasteiger partial charge is 0.314 e. The van der Waals surface area contributed by atoms with Crippen molar-refractivity contribution < 1.29 is 8.42 Å². The molecule has 0 saturated heterocycles. The molecule has 0 spiro atoms. The first-order chi connectivity index (χ1) is 8.59. The van der Waals surface area contributed by atoms with Crippen LogP contribution >= 0.6 is 0 Å². The lowest BCUT2D eigenvalue weighted by atomic mass is 9.92. The summed E-state index contributed by atoms with van der Waals surface area (Å²) in [5, 5.41) is 3.55. The van der Waals surface area contributed by atoms with Crippen LogP contribution in [-0.2, 0) is 9.84 Å². The molecule has 0 aromatic heterocycles. The minimum absolute atomic E-state index is 0.353. The maximum Gasteiger partial charge on any atom is 0.150 e. The van der Waals surface area contributed by atoms with Gasteiger partial charge in [0.25, 0.3) is 0 Å². The molecule has 2 unspecified atom stereocenters. The molecule has 18 heavy (non-hydrogen) atoms. The van der Waals surface area contributed by atoms with Gasteiger partial charge in [-0.05, 0) is 38.1 Å². The Labute approximate surface area is 113 Å². The van der Waals surface area contributed by atoms with Gasteiger partial charge in [0, 0.05) is 11.8 Å². The van der Waals surface area contributed by atoms with E-state index < -0.39 is 9.84 Å². The van der Waals surface area contributed by atoms with Crippen molar-refractivity contribution in [1.82, 2.24) is 5.32 Å². The predicted octanol–water partition coefficient (Wildman–Crippen LogP) is 2.76. The molecule has 1 aliphatic rings. The molecule has 1 fully saturated rings. The summed E-state index contributed by atoms with van der Waals surface area (Å²) in [6, 6.07) is 0.536. The van der Waals surface area contributed by atoms with Gasteiger partial charge in [-0.2, -0.15) is 0 Å². The molecule has 3 nitrogen and oxygen atoms in total. The molecule has 0 aliphatic heterocycles. The van der Waals surface area contributed by atoms with Crippen molar-refractivity contribution in [3.05, 3.63) is 0 Å². The Morgan fingerprint density at radius 3 is 2.44 bits per heavy atom. The van der Waals surface area contributed by atoms with E-state index in [0.29, 0.717) is 23.5 Å². The van der Waals surface area contributed by atoms with Crippen LogP contribution in [0.4, 0.5) is 0 Å². The third kappa shape index (κ3) is 5.70. The Kier molecular flexibility index (Phi) is 7.23. The van der Waals surface area contributed by atoms with Gasteiger partial charge in [0.15, 0.2) is 0 Å². The molecule has 0 amide bonds. The van der Waals surface area contributed by atoms with E-state index in [1.165, 1.54) is 32.1 Å². The van der Waals surface area contributed by atoms with Crippen LogP contribution in [0.3, 0.4) is 0 Å². The average molecular weight is 275 g/mol. The zero-order chi connectivity index (χ0) is 13.4.